The molecule has 1 aliphatic rings. The first-order valence-electron chi connectivity index (χ1n) is 5.54. The Hall–Kier alpha value is -1.33. The first-order valence-corrected chi connectivity index (χ1v) is 6.29. The summed E-state index contributed by atoms with van der Waals surface area (Å²) in [6, 6.07) is 9.14. The summed E-state index contributed by atoms with van der Waals surface area (Å²) < 4.78 is 1.84. The van der Waals surface area contributed by atoms with Crippen LogP contribution < -0.4 is 5.69 Å². The lowest BCUT2D eigenvalue weighted by atomic mass is 10.3. The van der Waals surface area contributed by atoms with Crippen molar-refractivity contribution in [2.24, 2.45) is 5.92 Å². The average Bonchev–Trinajstić information content (AvgIpc) is 2.78. The molecule has 0 bridgehead atoms. The number of hydrogen-bond donors (Lipinski definition) is 0. The van der Waals surface area contributed by atoms with E-state index >= 15 is 0 Å². The zero-order chi connectivity index (χ0) is 12.8. The summed E-state index contributed by atoms with van der Waals surface area (Å²) in [5, 5.41) is 7.68. The molecule has 0 spiro atoms. The number of nitrogens with zero attached hydrogens (tertiary/aromatic N) is 4. The second-order valence-corrected chi connectivity index (χ2v) is 5.90. The van der Waals surface area contributed by atoms with Crippen LogP contribution in [-0.4, -0.2) is 24.1 Å². The summed E-state index contributed by atoms with van der Waals surface area (Å²) in [5.41, 5.74) is 0.407. The van der Waals surface area contributed by atoms with Gasteiger partial charge in [-0.2, -0.15) is 9.36 Å². The number of para-hydroxylation sites is 1. The van der Waals surface area contributed by atoms with Gasteiger partial charge in [0, 0.05) is 5.92 Å². The fourth-order valence-electron chi connectivity index (χ4n) is 1.80. The number of hydrogen-bond acceptors (Lipinski definition) is 3. The van der Waals surface area contributed by atoms with Crippen LogP contribution in [0.3, 0.4) is 0 Å². The van der Waals surface area contributed by atoms with Crippen molar-refractivity contribution in [1.29, 1.82) is 0 Å². The van der Waals surface area contributed by atoms with Crippen molar-refractivity contribution in [3.63, 3.8) is 0 Å². The van der Waals surface area contributed by atoms with Gasteiger partial charge < -0.3 is 0 Å². The maximum Gasteiger partial charge on any atom is 0.368 e. The van der Waals surface area contributed by atoms with Crippen molar-refractivity contribution in [3.8, 4) is 5.69 Å². The van der Waals surface area contributed by atoms with Crippen molar-refractivity contribution in [1.82, 2.24) is 19.8 Å². The van der Waals surface area contributed by atoms with Crippen molar-refractivity contribution in [2.45, 2.75) is 17.3 Å². The van der Waals surface area contributed by atoms with Gasteiger partial charge in [0.1, 0.15) is 4.33 Å². The standard InChI is InChI=1S/C11H10Cl2N4O/c12-11(13)6-8(11)7-16-10(18)17(15-14-16)9-4-2-1-3-5-9/h1-5,8H,6-7H2/t8-/m1/s1. The monoisotopic (exact) mass is 284 g/mol. The SMILES string of the molecule is O=c1n(C[C@H]2CC2(Cl)Cl)nnn1-c1ccccc1. The molecule has 1 aliphatic carbocycles. The highest BCUT2D eigenvalue weighted by Crippen LogP contribution is 2.53. The van der Waals surface area contributed by atoms with Gasteiger partial charge >= 0.3 is 5.69 Å². The summed E-state index contributed by atoms with van der Waals surface area (Å²) in [6.07, 6.45) is 0.681. The molecule has 0 unspecified atom stereocenters. The van der Waals surface area contributed by atoms with Gasteiger partial charge in [-0.3, -0.25) is 0 Å². The molecule has 2 aromatic rings. The van der Waals surface area contributed by atoms with E-state index in [1.807, 2.05) is 18.2 Å². The molecular weight excluding hydrogens is 275 g/mol. The predicted molar refractivity (Wildman–Crippen MR) is 68.2 cm³/mol. The van der Waals surface area contributed by atoms with Gasteiger partial charge in [0.15, 0.2) is 0 Å². The van der Waals surface area contributed by atoms with Gasteiger partial charge in [0.2, 0.25) is 0 Å². The topological polar surface area (TPSA) is 52.7 Å². The first kappa shape index (κ1) is 11.7. The quantitative estimate of drug-likeness (QED) is 0.805. The van der Waals surface area contributed by atoms with E-state index in [1.165, 1.54) is 9.36 Å². The van der Waals surface area contributed by atoms with Gasteiger partial charge in [-0.25, -0.2) is 4.79 Å². The zero-order valence-corrected chi connectivity index (χ0v) is 10.8. The number of benzene rings is 1. The first-order chi connectivity index (χ1) is 8.58. The minimum atomic E-state index is -0.712. The highest BCUT2D eigenvalue weighted by molar-refractivity contribution is 6.50. The van der Waals surface area contributed by atoms with E-state index in [-0.39, 0.29) is 11.6 Å². The van der Waals surface area contributed by atoms with Gasteiger partial charge in [-0.15, -0.1) is 23.2 Å². The maximum absolute atomic E-state index is 12.1. The van der Waals surface area contributed by atoms with E-state index in [2.05, 4.69) is 10.4 Å². The van der Waals surface area contributed by atoms with Crippen LogP contribution in [0.1, 0.15) is 6.42 Å². The average molecular weight is 285 g/mol. The Bertz CT molecular complexity index is 619. The normalized spacial score (nSPS) is 20.9. The lowest BCUT2D eigenvalue weighted by molar-refractivity contribution is 0.527. The van der Waals surface area contributed by atoms with Crippen LogP contribution in [-0.2, 0) is 6.54 Å². The zero-order valence-electron chi connectivity index (χ0n) is 9.33. The third-order valence-corrected chi connectivity index (χ3v) is 3.92. The predicted octanol–water partition coefficient (Wildman–Crippen LogP) is 1.62. The minimum Gasteiger partial charge on any atom is -0.244 e. The third kappa shape index (κ3) is 2.04. The van der Waals surface area contributed by atoms with Crippen LogP contribution in [0.25, 0.3) is 5.69 Å². The Morgan fingerprint density at radius 1 is 1.28 bits per heavy atom. The van der Waals surface area contributed by atoms with Crippen LogP contribution in [0.5, 0.6) is 0 Å². The van der Waals surface area contributed by atoms with E-state index in [0.717, 1.165) is 0 Å². The van der Waals surface area contributed by atoms with Crippen molar-refractivity contribution in [2.75, 3.05) is 0 Å². The Balaban J connectivity index is 1.87. The molecule has 0 radical (unpaired) electrons. The summed E-state index contributed by atoms with van der Waals surface area (Å²) in [5.74, 6) is 0.0689. The fourth-order valence-corrected chi connectivity index (χ4v) is 2.31. The maximum atomic E-state index is 12.1. The summed E-state index contributed by atoms with van der Waals surface area (Å²) in [7, 11) is 0. The molecule has 0 N–H and O–H groups in total. The van der Waals surface area contributed by atoms with Crippen molar-refractivity contribution >= 4 is 23.2 Å². The number of alkyl halides is 2. The van der Waals surface area contributed by atoms with Gasteiger partial charge in [-0.05, 0) is 29.0 Å². The molecule has 1 heterocycles. The van der Waals surface area contributed by atoms with Gasteiger partial charge in [0.25, 0.3) is 0 Å². The Morgan fingerprint density at radius 2 is 1.94 bits per heavy atom. The molecule has 0 aliphatic heterocycles. The van der Waals surface area contributed by atoms with E-state index in [9.17, 15) is 4.79 Å². The van der Waals surface area contributed by atoms with Crippen LogP contribution in [0.15, 0.2) is 35.1 Å². The Kier molecular flexibility index (Phi) is 2.68. The van der Waals surface area contributed by atoms with Gasteiger partial charge in [-0.1, -0.05) is 18.2 Å². The smallest absolute Gasteiger partial charge is 0.244 e. The molecule has 3 rings (SSSR count). The lowest BCUT2D eigenvalue weighted by Crippen LogP contribution is -2.25. The molecule has 94 valence electrons. The number of tetrazole rings is 1. The molecule has 1 fully saturated rings. The van der Waals surface area contributed by atoms with E-state index in [0.29, 0.717) is 18.7 Å². The molecule has 5 nitrogen and oxygen atoms in total. The van der Waals surface area contributed by atoms with E-state index in [4.69, 9.17) is 23.2 Å². The van der Waals surface area contributed by atoms with E-state index < -0.39 is 4.33 Å². The van der Waals surface area contributed by atoms with Crippen LogP contribution in [0, 0.1) is 5.92 Å². The number of rotatable bonds is 3. The number of aromatic nitrogens is 4. The molecule has 0 amide bonds. The molecule has 1 aromatic carbocycles. The molecular formula is C11H10Cl2N4O. The highest BCUT2D eigenvalue weighted by atomic mass is 35.5. The largest absolute Gasteiger partial charge is 0.368 e. The third-order valence-electron chi connectivity index (χ3n) is 2.99. The lowest BCUT2D eigenvalue weighted by Gasteiger charge is -1.98. The molecule has 0 saturated heterocycles. The molecule has 1 saturated carbocycles. The molecule has 1 aromatic heterocycles. The number of halogens is 2. The van der Waals surface area contributed by atoms with Gasteiger partial charge in [0.05, 0.1) is 12.2 Å². The van der Waals surface area contributed by atoms with Crippen molar-refractivity contribution in [3.05, 3.63) is 40.8 Å². The minimum absolute atomic E-state index is 0.0689. The Labute approximate surface area is 113 Å². The highest BCUT2D eigenvalue weighted by Gasteiger charge is 2.52. The second kappa shape index (κ2) is 4.10. The van der Waals surface area contributed by atoms with Crippen LogP contribution in [0.2, 0.25) is 0 Å². The molecule has 18 heavy (non-hydrogen) atoms. The summed E-state index contributed by atoms with van der Waals surface area (Å²) >= 11 is 11.9. The van der Waals surface area contributed by atoms with E-state index in [1.54, 1.807) is 12.1 Å². The molecule has 1 atom stereocenters. The van der Waals surface area contributed by atoms with Crippen LogP contribution in [0.4, 0.5) is 0 Å². The Morgan fingerprint density at radius 3 is 2.56 bits per heavy atom. The van der Waals surface area contributed by atoms with Crippen LogP contribution >= 0.6 is 23.2 Å². The second-order valence-electron chi connectivity index (χ2n) is 4.35. The summed E-state index contributed by atoms with van der Waals surface area (Å²) in [6.45, 7) is 0.401. The molecule has 7 heteroatoms. The summed E-state index contributed by atoms with van der Waals surface area (Å²) in [4.78, 5) is 12.1. The van der Waals surface area contributed by atoms with Crippen molar-refractivity contribution < 1.29 is 0 Å². The fraction of sp³-hybridized carbons (Fsp3) is 0.364.